The molecule has 0 aromatic heterocycles. The van der Waals surface area contributed by atoms with Gasteiger partial charge in [-0.05, 0) is 59.9 Å². The van der Waals surface area contributed by atoms with Crippen LogP contribution in [0, 0.1) is 11.3 Å². The molecule has 1 N–H and O–H groups in total. The van der Waals surface area contributed by atoms with Crippen molar-refractivity contribution in [3.8, 4) is 6.07 Å². The summed E-state index contributed by atoms with van der Waals surface area (Å²) in [6.07, 6.45) is 6.10. The van der Waals surface area contributed by atoms with Gasteiger partial charge in [-0.2, -0.15) is 5.26 Å². The van der Waals surface area contributed by atoms with Gasteiger partial charge in [-0.1, -0.05) is 13.3 Å². The van der Waals surface area contributed by atoms with Gasteiger partial charge in [0, 0.05) is 18.1 Å². The van der Waals surface area contributed by atoms with Crippen LogP contribution in [-0.2, 0) is 0 Å². The molecule has 19 heavy (non-hydrogen) atoms. The van der Waals surface area contributed by atoms with E-state index in [0.29, 0.717) is 12.1 Å². The third-order valence-electron chi connectivity index (χ3n) is 3.91. The molecule has 2 unspecified atom stereocenters. The Bertz CT molecular complexity index is 304. The molecule has 0 heterocycles. The summed E-state index contributed by atoms with van der Waals surface area (Å²) < 4.78 is 0. The zero-order valence-electron chi connectivity index (χ0n) is 13.4. The van der Waals surface area contributed by atoms with E-state index in [1.54, 1.807) is 0 Å². The smallest absolute Gasteiger partial charge is 0.105 e. The summed E-state index contributed by atoms with van der Waals surface area (Å²) in [5.74, 6) is 0. The molecule has 0 aliphatic heterocycles. The molecule has 110 valence electrons. The maximum atomic E-state index is 9.46. The van der Waals surface area contributed by atoms with Gasteiger partial charge in [0.25, 0.3) is 0 Å². The summed E-state index contributed by atoms with van der Waals surface area (Å²) in [5.41, 5.74) is -0.410. The number of nitrogens with one attached hydrogen (secondary N) is 1. The average molecular weight is 265 g/mol. The van der Waals surface area contributed by atoms with E-state index < -0.39 is 5.54 Å². The molecular weight excluding hydrogens is 234 g/mol. The summed E-state index contributed by atoms with van der Waals surface area (Å²) in [4.78, 5) is 2.63. The Kier molecular flexibility index (Phi) is 6.29. The standard InChI is InChI=1S/C16H31N3/c1-6-7-10-19(15-8-9-15)14(4)11-16(5,12-17)18-13(2)3/h13-15,18H,6-11H2,1-5H3. The number of unbranched alkanes of at least 4 members (excludes halogenated alkanes) is 1. The third kappa shape index (κ3) is 5.50. The second-order valence-corrected chi connectivity index (χ2v) is 6.62. The molecule has 1 fully saturated rings. The fourth-order valence-electron chi connectivity index (χ4n) is 2.99. The van der Waals surface area contributed by atoms with Crippen LogP contribution in [0.2, 0.25) is 0 Å². The van der Waals surface area contributed by atoms with Gasteiger partial charge >= 0.3 is 0 Å². The number of hydrogen-bond donors (Lipinski definition) is 1. The van der Waals surface area contributed by atoms with E-state index in [0.717, 1.165) is 12.5 Å². The highest BCUT2D eigenvalue weighted by atomic mass is 15.2. The predicted octanol–water partition coefficient (Wildman–Crippen LogP) is 3.31. The summed E-state index contributed by atoms with van der Waals surface area (Å²) in [7, 11) is 0. The van der Waals surface area contributed by atoms with Crippen molar-refractivity contribution in [1.29, 1.82) is 5.26 Å². The molecule has 0 spiro atoms. The third-order valence-corrected chi connectivity index (χ3v) is 3.91. The molecule has 0 aromatic carbocycles. The number of nitrogens with zero attached hydrogens (tertiary/aromatic N) is 2. The normalized spacial score (nSPS) is 20.3. The topological polar surface area (TPSA) is 39.1 Å². The fourth-order valence-corrected chi connectivity index (χ4v) is 2.99. The monoisotopic (exact) mass is 265 g/mol. The Morgan fingerprint density at radius 2 is 2.00 bits per heavy atom. The van der Waals surface area contributed by atoms with E-state index in [4.69, 9.17) is 0 Å². The minimum atomic E-state index is -0.410. The summed E-state index contributed by atoms with van der Waals surface area (Å²) in [6.45, 7) is 12.0. The molecule has 0 bridgehead atoms. The SMILES string of the molecule is CCCCN(C(C)CC(C)(C#N)NC(C)C)C1CC1. The Morgan fingerprint density at radius 3 is 2.42 bits per heavy atom. The van der Waals surface area contributed by atoms with Crippen LogP contribution in [0.3, 0.4) is 0 Å². The van der Waals surface area contributed by atoms with Crippen molar-refractivity contribution >= 4 is 0 Å². The van der Waals surface area contributed by atoms with Crippen molar-refractivity contribution in [1.82, 2.24) is 10.2 Å². The molecule has 3 nitrogen and oxygen atoms in total. The molecule has 2 atom stereocenters. The molecule has 1 rings (SSSR count). The molecule has 0 aromatic rings. The fraction of sp³-hybridized carbons (Fsp3) is 0.938. The van der Waals surface area contributed by atoms with Crippen molar-refractivity contribution in [2.24, 2.45) is 0 Å². The van der Waals surface area contributed by atoms with Crippen LogP contribution < -0.4 is 5.32 Å². The average Bonchev–Trinajstić information content (AvgIpc) is 3.12. The van der Waals surface area contributed by atoms with E-state index in [2.05, 4.69) is 44.0 Å². The first-order valence-corrected chi connectivity index (χ1v) is 7.86. The quantitative estimate of drug-likeness (QED) is 0.695. The van der Waals surface area contributed by atoms with Crippen LogP contribution >= 0.6 is 0 Å². The Morgan fingerprint density at radius 1 is 1.37 bits per heavy atom. The first-order valence-electron chi connectivity index (χ1n) is 7.86. The minimum Gasteiger partial charge on any atom is -0.298 e. The van der Waals surface area contributed by atoms with Crippen molar-refractivity contribution in [2.75, 3.05) is 6.54 Å². The number of rotatable bonds is 9. The molecule has 1 aliphatic rings. The summed E-state index contributed by atoms with van der Waals surface area (Å²) in [6, 6.07) is 4.08. The first-order chi connectivity index (χ1) is 8.91. The Balaban J connectivity index is 2.58. The van der Waals surface area contributed by atoms with Crippen LogP contribution in [0.15, 0.2) is 0 Å². The Labute approximate surface area is 119 Å². The first kappa shape index (κ1) is 16.5. The van der Waals surface area contributed by atoms with Crippen LogP contribution in [-0.4, -0.2) is 35.1 Å². The minimum absolute atomic E-state index is 0.349. The van der Waals surface area contributed by atoms with Gasteiger partial charge in [0.2, 0.25) is 0 Å². The lowest BCUT2D eigenvalue weighted by Gasteiger charge is -2.35. The highest BCUT2D eigenvalue weighted by Gasteiger charge is 2.35. The van der Waals surface area contributed by atoms with Crippen molar-refractivity contribution in [2.45, 2.75) is 90.4 Å². The van der Waals surface area contributed by atoms with Crippen LogP contribution in [0.5, 0.6) is 0 Å². The van der Waals surface area contributed by atoms with Crippen molar-refractivity contribution < 1.29 is 0 Å². The largest absolute Gasteiger partial charge is 0.298 e. The Hall–Kier alpha value is -0.590. The number of hydrogen-bond acceptors (Lipinski definition) is 3. The van der Waals surface area contributed by atoms with E-state index >= 15 is 0 Å². The second-order valence-electron chi connectivity index (χ2n) is 6.62. The zero-order chi connectivity index (χ0) is 14.5. The van der Waals surface area contributed by atoms with Gasteiger partial charge in [0.05, 0.1) is 6.07 Å². The highest BCUT2D eigenvalue weighted by molar-refractivity contribution is 5.06. The maximum absolute atomic E-state index is 9.46. The number of nitriles is 1. The van der Waals surface area contributed by atoms with Crippen LogP contribution in [0.1, 0.15) is 66.7 Å². The second kappa shape index (κ2) is 7.26. The molecule has 3 heteroatoms. The lowest BCUT2D eigenvalue weighted by Crippen LogP contribution is -2.50. The lowest BCUT2D eigenvalue weighted by atomic mass is 9.93. The highest BCUT2D eigenvalue weighted by Crippen LogP contribution is 2.31. The van der Waals surface area contributed by atoms with Gasteiger partial charge in [-0.15, -0.1) is 0 Å². The van der Waals surface area contributed by atoms with Gasteiger partial charge in [-0.25, -0.2) is 0 Å². The van der Waals surface area contributed by atoms with Crippen LogP contribution in [0.4, 0.5) is 0 Å². The lowest BCUT2D eigenvalue weighted by molar-refractivity contribution is 0.162. The van der Waals surface area contributed by atoms with Crippen molar-refractivity contribution in [3.05, 3.63) is 0 Å². The molecular formula is C16H31N3. The van der Waals surface area contributed by atoms with Gasteiger partial charge < -0.3 is 0 Å². The van der Waals surface area contributed by atoms with E-state index in [1.165, 1.54) is 32.2 Å². The molecule has 1 aliphatic carbocycles. The zero-order valence-corrected chi connectivity index (χ0v) is 13.4. The van der Waals surface area contributed by atoms with E-state index in [9.17, 15) is 5.26 Å². The van der Waals surface area contributed by atoms with Gasteiger partial charge in [0.15, 0.2) is 0 Å². The van der Waals surface area contributed by atoms with E-state index in [1.807, 2.05) is 6.92 Å². The molecule has 0 radical (unpaired) electrons. The van der Waals surface area contributed by atoms with Crippen LogP contribution in [0.25, 0.3) is 0 Å². The molecule has 0 amide bonds. The molecule has 0 saturated heterocycles. The molecule has 1 saturated carbocycles. The van der Waals surface area contributed by atoms with E-state index in [-0.39, 0.29) is 0 Å². The van der Waals surface area contributed by atoms with Gasteiger partial charge in [-0.3, -0.25) is 10.2 Å². The summed E-state index contributed by atoms with van der Waals surface area (Å²) >= 11 is 0. The summed E-state index contributed by atoms with van der Waals surface area (Å²) in [5, 5.41) is 12.9. The maximum Gasteiger partial charge on any atom is 0.105 e. The predicted molar refractivity (Wildman–Crippen MR) is 81.0 cm³/mol. The van der Waals surface area contributed by atoms with Crippen molar-refractivity contribution in [3.63, 3.8) is 0 Å². The van der Waals surface area contributed by atoms with Gasteiger partial charge in [0.1, 0.15) is 5.54 Å².